The molecule has 0 saturated heterocycles. The minimum Gasteiger partial charge on any atom is -0.324 e. The summed E-state index contributed by atoms with van der Waals surface area (Å²) in [5.74, 6) is 0.735. The summed E-state index contributed by atoms with van der Waals surface area (Å²) in [6.07, 6.45) is 5.26. The lowest BCUT2D eigenvalue weighted by Gasteiger charge is -2.20. The molecule has 0 heterocycles. The summed E-state index contributed by atoms with van der Waals surface area (Å²) in [6.45, 7) is 1.41. The predicted octanol–water partition coefficient (Wildman–Crippen LogP) is 4.16. The molecular formula is C15H20BrClN2O. The zero-order valence-electron chi connectivity index (χ0n) is 11.7. The van der Waals surface area contributed by atoms with E-state index in [1.807, 2.05) is 13.1 Å². The van der Waals surface area contributed by atoms with Crippen molar-refractivity contribution in [3.8, 4) is 0 Å². The molecule has 0 aromatic heterocycles. The van der Waals surface area contributed by atoms with Crippen LogP contribution in [0.2, 0.25) is 5.02 Å². The van der Waals surface area contributed by atoms with Gasteiger partial charge in [-0.1, -0.05) is 40.4 Å². The highest BCUT2D eigenvalue weighted by Gasteiger charge is 2.18. The summed E-state index contributed by atoms with van der Waals surface area (Å²) >= 11 is 9.44. The van der Waals surface area contributed by atoms with Crippen molar-refractivity contribution in [1.82, 2.24) is 4.90 Å². The van der Waals surface area contributed by atoms with Crippen molar-refractivity contribution in [2.75, 3.05) is 25.5 Å². The molecule has 1 aliphatic carbocycles. The standard InChI is InChI=1S/C15H20BrClN2O/c1-19(9-11-4-2-3-5-11)10-15(20)18-14-7-6-12(16)8-13(14)17/h6-8,11H,2-5,9-10H2,1H3,(H,18,20). The number of anilines is 1. The van der Waals surface area contributed by atoms with Gasteiger partial charge in [-0.15, -0.1) is 0 Å². The normalized spacial score (nSPS) is 15.8. The Kier molecular flexibility index (Phi) is 5.87. The predicted molar refractivity (Wildman–Crippen MR) is 87.2 cm³/mol. The zero-order valence-corrected chi connectivity index (χ0v) is 14.0. The fourth-order valence-corrected chi connectivity index (χ4v) is 3.44. The Balaban J connectivity index is 1.82. The van der Waals surface area contributed by atoms with Crippen LogP contribution in [0.15, 0.2) is 22.7 Å². The van der Waals surface area contributed by atoms with Crippen LogP contribution in [-0.2, 0) is 4.79 Å². The van der Waals surface area contributed by atoms with Crippen molar-refractivity contribution in [3.05, 3.63) is 27.7 Å². The van der Waals surface area contributed by atoms with E-state index in [2.05, 4.69) is 26.1 Å². The second kappa shape index (κ2) is 7.43. The number of amides is 1. The van der Waals surface area contributed by atoms with Crippen LogP contribution in [0.4, 0.5) is 5.69 Å². The SMILES string of the molecule is CN(CC(=O)Nc1ccc(Br)cc1Cl)CC1CCCC1. The Morgan fingerprint density at radius 3 is 2.80 bits per heavy atom. The monoisotopic (exact) mass is 358 g/mol. The van der Waals surface area contributed by atoms with Crippen LogP contribution < -0.4 is 5.32 Å². The molecule has 2 rings (SSSR count). The van der Waals surface area contributed by atoms with Crippen LogP contribution in [0.25, 0.3) is 0 Å². The highest BCUT2D eigenvalue weighted by Crippen LogP contribution is 2.26. The highest BCUT2D eigenvalue weighted by molar-refractivity contribution is 9.10. The highest BCUT2D eigenvalue weighted by atomic mass is 79.9. The van der Waals surface area contributed by atoms with E-state index in [9.17, 15) is 4.79 Å². The van der Waals surface area contributed by atoms with Crippen molar-refractivity contribution in [2.24, 2.45) is 5.92 Å². The molecular weight excluding hydrogens is 340 g/mol. The fourth-order valence-electron chi connectivity index (χ4n) is 2.72. The van der Waals surface area contributed by atoms with E-state index in [1.165, 1.54) is 25.7 Å². The first-order valence-electron chi connectivity index (χ1n) is 6.98. The van der Waals surface area contributed by atoms with Gasteiger partial charge >= 0.3 is 0 Å². The smallest absolute Gasteiger partial charge is 0.238 e. The summed E-state index contributed by atoms with van der Waals surface area (Å²) in [6, 6.07) is 5.45. The lowest BCUT2D eigenvalue weighted by molar-refractivity contribution is -0.117. The van der Waals surface area contributed by atoms with Crippen molar-refractivity contribution in [2.45, 2.75) is 25.7 Å². The van der Waals surface area contributed by atoms with E-state index < -0.39 is 0 Å². The first-order chi connectivity index (χ1) is 9.54. The maximum absolute atomic E-state index is 12.0. The van der Waals surface area contributed by atoms with Gasteiger partial charge in [0.15, 0.2) is 0 Å². The summed E-state index contributed by atoms with van der Waals surface area (Å²) in [5.41, 5.74) is 0.661. The number of likely N-dealkylation sites (N-methyl/N-ethyl adjacent to an activating group) is 1. The number of carbonyl (C=O) groups is 1. The van der Waals surface area contributed by atoms with Crippen molar-refractivity contribution >= 4 is 39.1 Å². The molecule has 1 aromatic rings. The van der Waals surface area contributed by atoms with Crippen molar-refractivity contribution in [3.63, 3.8) is 0 Å². The number of hydrogen-bond donors (Lipinski definition) is 1. The molecule has 0 aliphatic heterocycles. The first-order valence-corrected chi connectivity index (χ1v) is 8.15. The Morgan fingerprint density at radius 1 is 1.45 bits per heavy atom. The van der Waals surface area contributed by atoms with Gasteiger partial charge in [-0.3, -0.25) is 9.69 Å². The average molecular weight is 360 g/mol. The Hall–Kier alpha value is -0.580. The molecule has 5 heteroatoms. The van der Waals surface area contributed by atoms with Crippen LogP contribution in [0.5, 0.6) is 0 Å². The molecule has 0 atom stereocenters. The molecule has 0 unspecified atom stereocenters. The van der Waals surface area contributed by atoms with Gasteiger partial charge in [0.25, 0.3) is 0 Å². The number of halogens is 2. The second-order valence-electron chi connectivity index (χ2n) is 5.52. The Bertz CT molecular complexity index is 475. The molecule has 3 nitrogen and oxygen atoms in total. The van der Waals surface area contributed by atoms with Gasteiger partial charge < -0.3 is 5.32 Å². The van der Waals surface area contributed by atoms with Crippen LogP contribution in [0, 0.1) is 5.92 Å². The van der Waals surface area contributed by atoms with Gasteiger partial charge in [0, 0.05) is 11.0 Å². The van der Waals surface area contributed by atoms with Crippen LogP contribution >= 0.6 is 27.5 Å². The lowest BCUT2D eigenvalue weighted by atomic mass is 10.1. The third-order valence-corrected chi connectivity index (χ3v) is 4.47. The number of rotatable bonds is 5. The topological polar surface area (TPSA) is 32.3 Å². The Labute approximate surface area is 133 Å². The molecule has 1 aliphatic rings. The third kappa shape index (κ3) is 4.76. The minimum atomic E-state index is -0.0188. The maximum atomic E-state index is 12.0. The van der Waals surface area contributed by atoms with E-state index in [1.54, 1.807) is 12.1 Å². The molecule has 1 amide bonds. The van der Waals surface area contributed by atoms with Crippen LogP contribution in [0.1, 0.15) is 25.7 Å². The second-order valence-corrected chi connectivity index (χ2v) is 6.84. The quantitative estimate of drug-likeness (QED) is 0.856. The lowest BCUT2D eigenvalue weighted by Crippen LogP contribution is -2.33. The summed E-state index contributed by atoms with van der Waals surface area (Å²) in [4.78, 5) is 14.1. The summed E-state index contributed by atoms with van der Waals surface area (Å²) in [7, 11) is 2.00. The van der Waals surface area contributed by atoms with Gasteiger partial charge in [0.2, 0.25) is 5.91 Å². The molecule has 0 spiro atoms. The van der Waals surface area contributed by atoms with Crippen LogP contribution in [0.3, 0.4) is 0 Å². The summed E-state index contributed by atoms with van der Waals surface area (Å²) in [5, 5.41) is 3.41. The zero-order chi connectivity index (χ0) is 14.5. The number of benzene rings is 1. The molecule has 1 saturated carbocycles. The largest absolute Gasteiger partial charge is 0.324 e. The molecule has 1 N–H and O–H groups in total. The maximum Gasteiger partial charge on any atom is 0.238 e. The molecule has 1 aromatic carbocycles. The van der Waals surface area contributed by atoms with Crippen LogP contribution in [-0.4, -0.2) is 30.9 Å². The summed E-state index contributed by atoms with van der Waals surface area (Å²) < 4.78 is 0.902. The van der Waals surface area contributed by atoms with E-state index in [0.29, 0.717) is 17.3 Å². The third-order valence-electron chi connectivity index (χ3n) is 3.66. The van der Waals surface area contributed by atoms with Gasteiger partial charge in [-0.25, -0.2) is 0 Å². The Morgan fingerprint density at radius 2 is 2.15 bits per heavy atom. The van der Waals surface area contributed by atoms with Gasteiger partial charge in [0.05, 0.1) is 17.3 Å². The average Bonchev–Trinajstić information content (AvgIpc) is 2.85. The number of nitrogens with one attached hydrogen (secondary N) is 1. The molecule has 0 radical (unpaired) electrons. The molecule has 1 fully saturated rings. The van der Waals surface area contributed by atoms with Crippen molar-refractivity contribution in [1.29, 1.82) is 0 Å². The fraction of sp³-hybridized carbons (Fsp3) is 0.533. The molecule has 20 heavy (non-hydrogen) atoms. The number of carbonyl (C=O) groups excluding carboxylic acids is 1. The first kappa shape index (κ1) is 15.8. The number of hydrogen-bond acceptors (Lipinski definition) is 2. The van der Waals surface area contributed by atoms with Gasteiger partial charge in [-0.2, -0.15) is 0 Å². The van der Waals surface area contributed by atoms with E-state index in [-0.39, 0.29) is 5.91 Å². The van der Waals surface area contributed by atoms with Gasteiger partial charge in [0.1, 0.15) is 0 Å². The molecule has 110 valence electrons. The molecule has 0 bridgehead atoms. The minimum absolute atomic E-state index is 0.0188. The van der Waals surface area contributed by atoms with E-state index in [4.69, 9.17) is 11.6 Å². The van der Waals surface area contributed by atoms with Gasteiger partial charge in [-0.05, 0) is 44.0 Å². The van der Waals surface area contributed by atoms with E-state index in [0.717, 1.165) is 16.9 Å². The van der Waals surface area contributed by atoms with Crippen molar-refractivity contribution < 1.29 is 4.79 Å². The van der Waals surface area contributed by atoms with E-state index >= 15 is 0 Å². The number of nitrogens with zero attached hydrogens (tertiary/aromatic N) is 1.